The van der Waals surface area contributed by atoms with Crippen molar-refractivity contribution >= 4 is 35.5 Å². The van der Waals surface area contributed by atoms with E-state index in [0.717, 1.165) is 0 Å². The third-order valence-corrected chi connectivity index (χ3v) is 6.42. The van der Waals surface area contributed by atoms with E-state index in [1.807, 2.05) is 0 Å². The number of carbonyl (C=O) groups excluding carboxylic acids is 3. The first-order chi connectivity index (χ1) is 13.6. The average molecular weight is 423 g/mol. The molecule has 2 saturated heterocycles. The molecule has 1 aromatic heterocycles. The lowest BCUT2D eigenvalue weighted by Crippen LogP contribution is -2.71. The number of hydrogen-bond donors (Lipinski definition) is 2. The van der Waals surface area contributed by atoms with Crippen LogP contribution in [0.15, 0.2) is 29.3 Å². The van der Waals surface area contributed by atoms with E-state index in [4.69, 9.17) is 4.74 Å². The number of ether oxygens (including phenoxy) is 1. The summed E-state index contributed by atoms with van der Waals surface area (Å²) in [5, 5.41) is 11.5. The first-order valence-electron chi connectivity index (χ1n) is 8.96. The summed E-state index contributed by atoms with van der Waals surface area (Å²) in [5.41, 5.74) is -0.293. The topological polar surface area (TPSA) is 135 Å². The zero-order chi connectivity index (χ0) is 21.5. The fourth-order valence-corrected chi connectivity index (χ4v) is 5.18. The third-order valence-electron chi connectivity index (χ3n) is 4.85. The second kappa shape index (κ2) is 7.54. The minimum atomic E-state index is -1.42. The van der Waals surface area contributed by atoms with E-state index in [-0.39, 0.29) is 12.0 Å². The number of amides is 2. The van der Waals surface area contributed by atoms with Crippen LogP contribution in [0.2, 0.25) is 0 Å². The number of carboxylic acid groups (broad SMARTS) is 1. The van der Waals surface area contributed by atoms with Crippen molar-refractivity contribution < 1.29 is 29.0 Å². The molecular weight excluding hydrogens is 402 g/mol. The SMILES string of the molecule is CCOC(=O)C(C(=O)N[C@@H]1C(=O)N2[C@@H]1SC(C)(C)[C@@H]2C(=O)O)n1ccc(=O)cc1. The number of pyridine rings is 1. The summed E-state index contributed by atoms with van der Waals surface area (Å²) < 4.78 is 5.45. The van der Waals surface area contributed by atoms with Crippen LogP contribution in [-0.2, 0) is 23.9 Å². The first-order valence-corrected chi connectivity index (χ1v) is 9.84. The van der Waals surface area contributed by atoms with E-state index in [1.165, 1.54) is 45.8 Å². The average Bonchev–Trinajstić information content (AvgIpc) is 2.90. The van der Waals surface area contributed by atoms with Gasteiger partial charge in [0.15, 0.2) is 5.43 Å². The number of aliphatic carboxylic acids is 1. The molecule has 1 aromatic rings. The molecule has 1 unspecified atom stereocenters. The molecule has 11 heteroatoms. The Bertz CT molecular complexity index is 908. The van der Waals surface area contributed by atoms with Gasteiger partial charge in [0.25, 0.3) is 5.91 Å². The number of esters is 1. The Morgan fingerprint density at radius 3 is 2.45 bits per heavy atom. The molecule has 0 aromatic carbocycles. The Balaban J connectivity index is 1.81. The van der Waals surface area contributed by atoms with Crippen molar-refractivity contribution in [2.75, 3.05) is 6.61 Å². The summed E-state index contributed by atoms with van der Waals surface area (Å²) in [5.74, 6) is -3.24. The van der Waals surface area contributed by atoms with Gasteiger partial charge in [0.1, 0.15) is 17.5 Å². The van der Waals surface area contributed by atoms with Gasteiger partial charge in [0.05, 0.1) is 6.61 Å². The van der Waals surface area contributed by atoms with Crippen molar-refractivity contribution in [2.45, 2.75) is 49.0 Å². The van der Waals surface area contributed by atoms with E-state index in [2.05, 4.69) is 5.32 Å². The van der Waals surface area contributed by atoms with Crippen LogP contribution in [-0.4, -0.2) is 67.1 Å². The van der Waals surface area contributed by atoms with Crippen LogP contribution in [0.25, 0.3) is 0 Å². The lowest BCUT2D eigenvalue weighted by Gasteiger charge is -2.43. The molecule has 3 rings (SSSR count). The van der Waals surface area contributed by atoms with Gasteiger partial charge >= 0.3 is 11.9 Å². The van der Waals surface area contributed by atoms with Gasteiger partial charge in [-0.1, -0.05) is 0 Å². The Hall–Kier alpha value is -2.82. The fourth-order valence-electron chi connectivity index (χ4n) is 3.56. The number of β-lactam (4-membered cyclic amide) rings is 1. The normalized spacial score (nSPS) is 25.6. The minimum Gasteiger partial charge on any atom is -0.480 e. The maximum atomic E-state index is 12.9. The van der Waals surface area contributed by atoms with Gasteiger partial charge in [-0.15, -0.1) is 11.8 Å². The van der Waals surface area contributed by atoms with Gasteiger partial charge in [-0.3, -0.25) is 14.4 Å². The zero-order valence-electron chi connectivity index (χ0n) is 16.0. The van der Waals surface area contributed by atoms with Gasteiger partial charge < -0.3 is 24.6 Å². The van der Waals surface area contributed by atoms with Gasteiger partial charge in [0.2, 0.25) is 11.9 Å². The number of aromatic nitrogens is 1. The van der Waals surface area contributed by atoms with Crippen molar-refractivity contribution in [3.63, 3.8) is 0 Å². The Morgan fingerprint density at radius 1 is 1.28 bits per heavy atom. The molecule has 4 atom stereocenters. The number of thioether (sulfide) groups is 1. The summed E-state index contributed by atoms with van der Waals surface area (Å²) in [6.07, 6.45) is 2.57. The maximum Gasteiger partial charge on any atom is 0.339 e. The van der Waals surface area contributed by atoms with Gasteiger partial charge in [-0.05, 0) is 20.8 Å². The molecule has 2 aliphatic heterocycles. The third kappa shape index (κ3) is 3.61. The number of rotatable bonds is 6. The maximum absolute atomic E-state index is 12.9. The fraction of sp³-hybridized carbons (Fsp3) is 0.500. The second-order valence-electron chi connectivity index (χ2n) is 7.22. The molecule has 0 aliphatic carbocycles. The molecule has 0 spiro atoms. The Morgan fingerprint density at radius 2 is 1.90 bits per heavy atom. The van der Waals surface area contributed by atoms with Crippen LogP contribution >= 0.6 is 11.8 Å². The molecule has 2 N–H and O–H groups in total. The molecule has 0 saturated carbocycles. The minimum absolute atomic E-state index is 0.0475. The number of carbonyl (C=O) groups is 4. The van der Waals surface area contributed by atoms with Crippen LogP contribution < -0.4 is 10.7 Å². The molecule has 29 heavy (non-hydrogen) atoms. The first kappa shape index (κ1) is 20.9. The molecular formula is C18H21N3O7S. The molecule has 156 valence electrons. The molecule has 0 bridgehead atoms. The van der Waals surface area contributed by atoms with Gasteiger partial charge in [0, 0.05) is 29.3 Å². The van der Waals surface area contributed by atoms with Gasteiger partial charge in [-0.2, -0.15) is 0 Å². The van der Waals surface area contributed by atoms with Crippen molar-refractivity contribution in [1.82, 2.24) is 14.8 Å². The predicted molar refractivity (Wildman–Crippen MR) is 102 cm³/mol. The van der Waals surface area contributed by atoms with Crippen molar-refractivity contribution in [3.8, 4) is 0 Å². The largest absolute Gasteiger partial charge is 0.480 e. The summed E-state index contributed by atoms with van der Waals surface area (Å²) >= 11 is 1.28. The highest BCUT2D eigenvalue weighted by Crippen LogP contribution is 2.50. The number of nitrogens with one attached hydrogen (secondary N) is 1. The quantitative estimate of drug-likeness (QED) is 0.358. The molecule has 2 aliphatic rings. The summed E-state index contributed by atoms with van der Waals surface area (Å²) in [6.45, 7) is 5.09. The van der Waals surface area contributed by atoms with E-state index in [1.54, 1.807) is 20.8 Å². The highest BCUT2D eigenvalue weighted by molar-refractivity contribution is 8.01. The van der Waals surface area contributed by atoms with E-state index in [0.29, 0.717) is 0 Å². The number of hydrogen-bond acceptors (Lipinski definition) is 7. The van der Waals surface area contributed by atoms with Crippen LogP contribution in [0.5, 0.6) is 0 Å². The Kier molecular flexibility index (Phi) is 5.44. The van der Waals surface area contributed by atoms with E-state index < -0.39 is 52.0 Å². The molecule has 10 nitrogen and oxygen atoms in total. The summed E-state index contributed by atoms with van der Waals surface area (Å²) in [6, 6.07) is -0.983. The second-order valence-corrected chi connectivity index (χ2v) is 8.99. The number of nitrogens with zero attached hydrogens (tertiary/aromatic N) is 2. The standard InChI is InChI=1S/C18H21N3O7S/c1-4-28-17(27)11(20-7-5-9(22)6-8-20)13(23)19-10-14(24)21-12(16(25)26)18(2,3)29-15(10)21/h5-8,10-12,15H,4H2,1-3H3,(H,19,23)(H,25,26)/t10-,11?,12+,15-/m1/s1. The van der Waals surface area contributed by atoms with E-state index >= 15 is 0 Å². The van der Waals surface area contributed by atoms with E-state index in [9.17, 15) is 29.1 Å². The molecule has 0 radical (unpaired) electrons. The van der Waals surface area contributed by atoms with Crippen LogP contribution in [0.4, 0.5) is 0 Å². The summed E-state index contributed by atoms with van der Waals surface area (Å²) in [7, 11) is 0. The highest BCUT2D eigenvalue weighted by atomic mass is 32.2. The number of carboxylic acids is 1. The predicted octanol–water partition coefficient (Wildman–Crippen LogP) is -0.416. The summed E-state index contributed by atoms with van der Waals surface area (Å²) in [4.78, 5) is 61.9. The van der Waals surface area contributed by atoms with Crippen LogP contribution in [0, 0.1) is 0 Å². The lowest BCUT2D eigenvalue weighted by molar-refractivity contribution is -0.162. The van der Waals surface area contributed by atoms with Crippen molar-refractivity contribution in [1.29, 1.82) is 0 Å². The number of fused-ring (bicyclic) bond motifs is 1. The molecule has 2 amide bonds. The van der Waals surface area contributed by atoms with Crippen LogP contribution in [0.1, 0.15) is 26.8 Å². The van der Waals surface area contributed by atoms with Crippen molar-refractivity contribution in [2.24, 2.45) is 0 Å². The van der Waals surface area contributed by atoms with Crippen molar-refractivity contribution in [3.05, 3.63) is 34.7 Å². The zero-order valence-corrected chi connectivity index (χ0v) is 16.8. The van der Waals surface area contributed by atoms with Gasteiger partial charge in [-0.25, -0.2) is 9.59 Å². The smallest absolute Gasteiger partial charge is 0.339 e. The highest BCUT2D eigenvalue weighted by Gasteiger charge is 2.64. The lowest BCUT2D eigenvalue weighted by atomic mass is 9.96. The molecule has 3 heterocycles. The molecule has 2 fully saturated rings. The monoisotopic (exact) mass is 423 g/mol. The Labute approximate surface area is 170 Å². The van der Waals surface area contributed by atoms with Crippen LogP contribution in [0.3, 0.4) is 0 Å².